The van der Waals surface area contributed by atoms with E-state index in [4.69, 9.17) is 4.74 Å². The van der Waals surface area contributed by atoms with Gasteiger partial charge in [0.25, 0.3) is 0 Å². The zero-order chi connectivity index (χ0) is 30.8. The standard InChI is InChI=1S/C33H38N6O5/c1-3-18-36(22-39-25-15-9-8-14-24(25)34-35-39)32(43)29-33-17-16-26(44-33)27(28(33)31(42)38(29)20-10-11-21-40)30(41)37(19-4-2)23-12-6-5-7-13-23/h3-9,12-15,26-29,40H,1-2,10-11,16-22H2/t26-,27+,28+,29?,33?/m1/s1. The first kappa shape index (κ1) is 29.7. The van der Waals surface area contributed by atoms with Crippen molar-refractivity contribution in [1.82, 2.24) is 24.8 Å². The highest BCUT2D eigenvalue weighted by Gasteiger charge is 2.74. The molecule has 6 rings (SSSR count). The number of nitrogens with zero attached hydrogens (tertiary/aromatic N) is 6. The Labute approximate surface area is 256 Å². The van der Waals surface area contributed by atoms with Gasteiger partial charge in [-0.25, -0.2) is 4.68 Å². The van der Waals surface area contributed by atoms with Crippen LogP contribution in [0.1, 0.15) is 25.7 Å². The van der Waals surface area contributed by atoms with Crippen molar-refractivity contribution in [2.75, 3.05) is 31.1 Å². The van der Waals surface area contributed by atoms with E-state index in [0.717, 1.165) is 5.52 Å². The van der Waals surface area contributed by atoms with Crippen LogP contribution in [-0.4, -0.2) is 91.6 Å². The lowest BCUT2D eigenvalue weighted by Gasteiger charge is -2.37. The van der Waals surface area contributed by atoms with Crippen molar-refractivity contribution in [3.63, 3.8) is 0 Å². The smallest absolute Gasteiger partial charge is 0.250 e. The Hall–Kier alpha value is -4.35. The molecule has 2 bridgehead atoms. The lowest BCUT2D eigenvalue weighted by molar-refractivity contribution is -0.149. The number of anilines is 1. The fourth-order valence-corrected chi connectivity index (χ4v) is 7.32. The number of likely N-dealkylation sites (tertiary alicyclic amines) is 1. The molecule has 230 valence electrons. The maximum Gasteiger partial charge on any atom is 0.250 e. The molecule has 0 aliphatic carbocycles. The average Bonchev–Trinajstić information content (AvgIpc) is 3.79. The molecule has 3 aliphatic heterocycles. The molecule has 2 unspecified atom stereocenters. The highest BCUT2D eigenvalue weighted by atomic mass is 16.5. The molecule has 1 spiro atoms. The minimum absolute atomic E-state index is 0.0234. The van der Waals surface area contributed by atoms with Crippen LogP contribution in [-0.2, 0) is 25.8 Å². The van der Waals surface area contributed by atoms with Crippen molar-refractivity contribution < 1.29 is 24.2 Å². The summed E-state index contributed by atoms with van der Waals surface area (Å²) in [6, 6.07) is 15.9. The molecule has 3 saturated heterocycles. The highest BCUT2D eigenvalue weighted by Crippen LogP contribution is 2.59. The summed E-state index contributed by atoms with van der Waals surface area (Å²) in [5, 5.41) is 18.0. The first-order valence-corrected chi connectivity index (χ1v) is 15.2. The van der Waals surface area contributed by atoms with Crippen LogP contribution in [0.15, 0.2) is 79.9 Å². The fraction of sp³-hybridized carbons (Fsp3) is 0.424. The number of benzene rings is 2. The van der Waals surface area contributed by atoms with Gasteiger partial charge in [-0.3, -0.25) is 14.4 Å². The molecule has 11 heteroatoms. The minimum Gasteiger partial charge on any atom is -0.396 e. The number of aliphatic hydroxyl groups is 1. The number of carbonyl (C=O) groups is 3. The van der Waals surface area contributed by atoms with E-state index >= 15 is 0 Å². The van der Waals surface area contributed by atoms with Crippen molar-refractivity contribution in [1.29, 1.82) is 0 Å². The first-order chi connectivity index (χ1) is 21.4. The van der Waals surface area contributed by atoms with E-state index in [-0.39, 0.29) is 50.6 Å². The van der Waals surface area contributed by atoms with Gasteiger partial charge in [0.05, 0.1) is 23.5 Å². The number of unbranched alkanes of at least 4 members (excludes halogenated alkanes) is 1. The molecule has 1 N–H and O–H groups in total. The number of para-hydroxylation sites is 2. The van der Waals surface area contributed by atoms with Gasteiger partial charge in [0.15, 0.2) is 0 Å². The third-order valence-corrected chi connectivity index (χ3v) is 9.16. The average molecular weight is 599 g/mol. The molecule has 11 nitrogen and oxygen atoms in total. The van der Waals surface area contributed by atoms with Crippen LogP contribution in [0.2, 0.25) is 0 Å². The molecule has 3 aromatic rings. The molecule has 0 radical (unpaired) electrons. The third-order valence-electron chi connectivity index (χ3n) is 9.16. The molecule has 4 heterocycles. The van der Waals surface area contributed by atoms with Crippen LogP contribution >= 0.6 is 0 Å². The predicted octanol–water partition coefficient (Wildman–Crippen LogP) is 2.77. The number of carbonyl (C=O) groups excluding carboxylic acids is 3. The van der Waals surface area contributed by atoms with Crippen molar-refractivity contribution in [3.8, 4) is 0 Å². The van der Waals surface area contributed by atoms with E-state index in [9.17, 15) is 19.5 Å². The van der Waals surface area contributed by atoms with Gasteiger partial charge < -0.3 is 24.5 Å². The summed E-state index contributed by atoms with van der Waals surface area (Å²) >= 11 is 0. The SMILES string of the molecule is C=CCN(Cn1nnc2ccccc21)C(=O)C1N(CCCCO)C(=O)[C@@H]2[C@@H](C(=O)N(CC=C)c3ccccc3)[C@H]3CCC12O3. The normalized spacial score (nSPS) is 25.3. The summed E-state index contributed by atoms with van der Waals surface area (Å²) in [7, 11) is 0. The Bertz CT molecular complexity index is 1560. The summed E-state index contributed by atoms with van der Waals surface area (Å²) < 4.78 is 8.32. The summed E-state index contributed by atoms with van der Waals surface area (Å²) in [4.78, 5) is 48.1. The number of ether oxygens (including phenoxy) is 1. The number of amides is 3. The predicted molar refractivity (Wildman–Crippen MR) is 164 cm³/mol. The zero-order valence-corrected chi connectivity index (χ0v) is 24.7. The number of aliphatic hydroxyl groups excluding tert-OH is 1. The molecule has 0 saturated carbocycles. The minimum atomic E-state index is -1.14. The van der Waals surface area contributed by atoms with E-state index in [1.807, 2.05) is 54.6 Å². The maximum atomic E-state index is 14.6. The van der Waals surface area contributed by atoms with Crippen molar-refractivity contribution in [2.45, 2.75) is 50.1 Å². The Morgan fingerprint density at radius 3 is 2.55 bits per heavy atom. The molecule has 1 aromatic heterocycles. The number of hydrogen-bond donors (Lipinski definition) is 1. The molecular weight excluding hydrogens is 560 g/mol. The van der Waals surface area contributed by atoms with Crippen molar-refractivity contribution in [3.05, 3.63) is 79.9 Å². The Kier molecular flexibility index (Phi) is 8.33. The Morgan fingerprint density at radius 2 is 1.80 bits per heavy atom. The summed E-state index contributed by atoms with van der Waals surface area (Å²) in [5.74, 6) is -2.28. The molecule has 2 aromatic carbocycles. The second kappa shape index (κ2) is 12.3. The van der Waals surface area contributed by atoms with Gasteiger partial charge in [-0.2, -0.15) is 0 Å². The number of fused-ring (bicyclic) bond motifs is 2. The lowest BCUT2D eigenvalue weighted by atomic mass is 9.70. The molecular formula is C33H38N6O5. The maximum absolute atomic E-state index is 14.6. The van der Waals surface area contributed by atoms with Gasteiger partial charge in [0.2, 0.25) is 17.7 Å². The molecule has 3 aliphatic rings. The fourth-order valence-electron chi connectivity index (χ4n) is 7.32. The molecule has 44 heavy (non-hydrogen) atoms. The second-order valence-electron chi connectivity index (χ2n) is 11.7. The van der Waals surface area contributed by atoms with Crippen LogP contribution in [0.4, 0.5) is 5.69 Å². The molecule has 3 amide bonds. The van der Waals surface area contributed by atoms with Gasteiger partial charge in [-0.15, -0.1) is 18.3 Å². The van der Waals surface area contributed by atoms with Gasteiger partial charge in [-0.05, 0) is 49.9 Å². The monoisotopic (exact) mass is 598 g/mol. The largest absolute Gasteiger partial charge is 0.396 e. The summed E-state index contributed by atoms with van der Waals surface area (Å²) in [6.45, 7) is 8.57. The first-order valence-electron chi connectivity index (χ1n) is 15.2. The number of rotatable bonds is 13. The van der Waals surface area contributed by atoms with Gasteiger partial charge in [-0.1, -0.05) is 47.7 Å². The zero-order valence-electron chi connectivity index (χ0n) is 24.7. The summed E-state index contributed by atoms with van der Waals surface area (Å²) in [6.07, 6.45) is 4.89. The lowest BCUT2D eigenvalue weighted by Crippen LogP contribution is -2.56. The van der Waals surface area contributed by atoms with Crippen molar-refractivity contribution in [2.24, 2.45) is 11.8 Å². The topological polar surface area (TPSA) is 121 Å². The van der Waals surface area contributed by atoms with Crippen LogP contribution in [0.25, 0.3) is 11.0 Å². The second-order valence-corrected chi connectivity index (χ2v) is 11.7. The van der Waals surface area contributed by atoms with Gasteiger partial charge in [0, 0.05) is 31.9 Å². The Morgan fingerprint density at radius 1 is 1.05 bits per heavy atom. The van der Waals surface area contributed by atoms with Crippen LogP contribution in [0.5, 0.6) is 0 Å². The van der Waals surface area contributed by atoms with E-state index in [0.29, 0.717) is 36.9 Å². The van der Waals surface area contributed by atoms with Crippen molar-refractivity contribution >= 4 is 34.4 Å². The van der Waals surface area contributed by atoms with E-state index in [1.165, 1.54) is 0 Å². The van der Waals surface area contributed by atoms with E-state index in [1.54, 1.807) is 31.5 Å². The summed E-state index contributed by atoms with van der Waals surface area (Å²) in [5.41, 5.74) is 1.06. The van der Waals surface area contributed by atoms with E-state index in [2.05, 4.69) is 23.5 Å². The number of aromatic nitrogens is 3. The van der Waals surface area contributed by atoms with Gasteiger partial charge >= 0.3 is 0 Å². The highest BCUT2D eigenvalue weighted by molar-refractivity contribution is 6.03. The third kappa shape index (κ3) is 4.89. The molecule has 3 fully saturated rings. The quantitative estimate of drug-likeness (QED) is 0.237. The van der Waals surface area contributed by atoms with Crippen LogP contribution in [0.3, 0.4) is 0 Å². The van der Waals surface area contributed by atoms with Gasteiger partial charge in [0.1, 0.15) is 23.8 Å². The van der Waals surface area contributed by atoms with Crippen LogP contribution in [0, 0.1) is 11.8 Å². The number of hydrogen-bond acceptors (Lipinski definition) is 7. The van der Waals surface area contributed by atoms with E-state index < -0.39 is 29.6 Å². The van der Waals surface area contributed by atoms with Crippen LogP contribution < -0.4 is 4.90 Å². The molecule has 5 atom stereocenters. The Balaban J connectivity index is 1.36.